The van der Waals surface area contributed by atoms with Gasteiger partial charge in [0, 0.05) is 9.75 Å². The van der Waals surface area contributed by atoms with Crippen LogP contribution in [-0.4, -0.2) is 16.1 Å². The van der Waals surface area contributed by atoms with Gasteiger partial charge in [0.1, 0.15) is 4.88 Å². The monoisotopic (exact) mass is 268 g/mol. The van der Waals surface area contributed by atoms with Crippen molar-refractivity contribution in [3.8, 4) is 0 Å². The van der Waals surface area contributed by atoms with Crippen LogP contribution in [0.2, 0.25) is 0 Å². The third-order valence-corrected chi connectivity index (χ3v) is 4.44. The predicted molar refractivity (Wildman–Crippen MR) is 70.2 cm³/mol. The molecule has 17 heavy (non-hydrogen) atoms. The van der Waals surface area contributed by atoms with Gasteiger partial charge in [-0.3, -0.25) is 0 Å². The third-order valence-electron chi connectivity index (χ3n) is 2.35. The molecular formula is C11H12N2O2S2. The average Bonchev–Trinajstić information content (AvgIpc) is 2.84. The lowest BCUT2D eigenvalue weighted by Crippen LogP contribution is -1.96. The van der Waals surface area contributed by atoms with Gasteiger partial charge in [-0.15, -0.1) is 11.3 Å². The molecule has 2 heterocycles. The lowest BCUT2D eigenvalue weighted by atomic mass is 10.3. The van der Waals surface area contributed by atoms with Gasteiger partial charge >= 0.3 is 5.97 Å². The summed E-state index contributed by atoms with van der Waals surface area (Å²) in [4.78, 5) is 17.5. The maximum absolute atomic E-state index is 10.7. The number of nitrogens with zero attached hydrogens (tertiary/aromatic N) is 1. The summed E-state index contributed by atoms with van der Waals surface area (Å²) in [5.41, 5.74) is 1.29. The minimum Gasteiger partial charge on any atom is -0.477 e. The second-order valence-corrected chi connectivity index (χ2v) is 6.01. The number of hydrogen-bond acceptors (Lipinski definition) is 5. The molecule has 0 fully saturated rings. The Labute approximate surface area is 107 Å². The molecule has 2 aromatic heterocycles. The Kier molecular flexibility index (Phi) is 3.44. The minimum atomic E-state index is -0.932. The van der Waals surface area contributed by atoms with E-state index in [-0.39, 0.29) is 4.88 Å². The maximum atomic E-state index is 10.7. The van der Waals surface area contributed by atoms with Crippen molar-refractivity contribution in [2.24, 2.45) is 0 Å². The van der Waals surface area contributed by atoms with Gasteiger partial charge in [0.2, 0.25) is 0 Å². The van der Waals surface area contributed by atoms with Crippen LogP contribution in [0.15, 0.2) is 12.3 Å². The zero-order chi connectivity index (χ0) is 12.4. The largest absolute Gasteiger partial charge is 0.477 e. The number of carbonyl (C=O) groups is 1. The van der Waals surface area contributed by atoms with Crippen LogP contribution in [0.4, 0.5) is 5.13 Å². The molecule has 0 bridgehead atoms. The van der Waals surface area contributed by atoms with Crippen molar-refractivity contribution >= 4 is 33.8 Å². The highest BCUT2D eigenvalue weighted by atomic mass is 32.1. The summed E-state index contributed by atoms with van der Waals surface area (Å²) in [6.45, 7) is 4.86. The van der Waals surface area contributed by atoms with Crippen molar-refractivity contribution in [1.82, 2.24) is 4.98 Å². The Balaban J connectivity index is 1.99. The van der Waals surface area contributed by atoms with Gasteiger partial charge < -0.3 is 10.4 Å². The number of nitrogens with one attached hydrogen (secondary N) is 1. The van der Waals surface area contributed by atoms with Crippen LogP contribution in [0.3, 0.4) is 0 Å². The third kappa shape index (κ3) is 2.83. The van der Waals surface area contributed by atoms with Gasteiger partial charge in [0.05, 0.1) is 12.7 Å². The van der Waals surface area contributed by atoms with Crippen molar-refractivity contribution in [1.29, 1.82) is 0 Å². The number of aromatic carboxylic acids is 1. The van der Waals surface area contributed by atoms with E-state index in [0.29, 0.717) is 11.7 Å². The van der Waals surface area contributed by atoms with Crippen LogP contribution < -0.4 is 5.32 Å². The molecule has 4 nitrogen and oxygen atoms in total. The lowest BCUT2D eigenvalue weighted by molar-refractivity contribution is 0.0702. The van der Waals surface area contributed by atoms with E-state index in [9.17, 15) is 4.79 Å². The van der Waals surface area contributed by atoms with E-state index in [1.54, 1.807) is 11.3 Å². The molecule has 0 atom stereocenters. The normalized spacial score (nSPS) is 10.5. The molecule has 2 aromatic rings. The molecular weight excluding hydrogens is 256 g/mol. The highest BCUT2D eigenvalue weighted by Gasteiger charge is 2.08. The molecule has 0 unspecified atom stereocenters. The SMILES string of the molecule is Cc1cc(CNc2ncc(C(=O)O)s2)sc1C. The number of anilines is 1. The maximum Gasteiger partial charge on any atom is 0.347 e. The van der Waals surface area contributed by atoms with Crippen molar-refractivity contribution in [2.75, 3.05) is 5.32 Å². The molecule has 0 aliphatic heterocycles. The molecule has 2 rings (SSSR count). The molecule has 0 aliphatic rings. The fourth-order valence-corrected chi connectivity index (χ4v) is 3.00. The standard InChI is InChI=1S/C11H12N2O2S2/c1-6-3-8(16-7(6)2)4-12-11-13-5-9(17-11)10(14)15/h3,5H,4H2,1-2H3,(H,12,13)(H,14,15). The van der Waals surface area contributed by atoms with Gasteiger partial charge in [-0.2, -0.15) is 0 Å². The molecule has 6 heteroatoms. The smallest absolute Gasteiger partial charge is 0.347 e. The van der Waals surface area contributed by atoms with Gasteiger partial charge in [0.25, 0.3) is 0 Å². The topological polar surface area (TPSA) is 62.2 Å². The Hall–Kier alpha value is -1.40. The Morgan fingerprint density at radius 1 is 1.47 bits per heavy atom. The summed E-state index contributed by atoms with van der Waals surface area (Å²) in [7, 11) is 0. The fraction of sp³-hybridized carbons (Fsp3) is 0.273. The first-order valence-electron chi connectivity index (χ1n) is 5.05. The molecule has 0 saturated carbocycles. The van der Waals surface area contributed by atoms with Crippen LogP contribution >= 0.6 is 22.7 Å². The van der Waals surface area contributed by atoms with Gasteiger partial charge in [-0.05, 0) is 25.5 Å². The summed E-state index contributed by atoms with van der Waals surface area (Å²) >= 11 is 2.90. The summed E-state index contributed by atoms with van der Waals surface area (Å²) in [5, 5.41) is 12.5. The predicted octanol–water partition coefficient (Wildman–Crippen LogP) is 3.13. The van der Waals surface area contributed by atoms with E-state index in [0.717, 1.165) is 11.3 Å². The van der Waals surface area contributed by atoms with Gasteiger partial charge in [-0.1, -0.05) is 11.3 Å². The van der Waals surface area contributed by atoms with E-state index in [2.05, 4.69) is 30.2 Å². The highest BCUT2D eigenvalue weighted by Crippen LogP contribution is 2.23. The number of thiophene rings is 1. The van der Waals surface area contributed by atoms with E-state index >= 15 is 0 Å². The average molecular weight is 268 g/mol. The lowest BCUT2D eigenvalue weighted by Gasteiger charge is -1.98. The molecule has 0 amide bonds. The first kappa shape index (κ1) is 12.1. The van der Waals surface area contributed by atoms with Gasteiger partial charge in [-0.25, -0.2) is 9.78 Å². The number of aromatic nitrogens is 1. The number of carboxylic acid groups (broad SMARTS) is 1. The van der Waals surface area contributed by atoms with Crippen LogP contribution in [-0.2, 0) is 6.54 Å². The number of carboxylic acids is 1. The molecule has 0 saturated heterocycles. The molecule has 0 aromatic carbocycles. The summed E-state index contributed by atoms with van der Waals surface area (Å²) in [5.74, 6) is -0.932. The van der Waals surface area contributed by atoms with Gasteiger partial charge in [0.15, 0.2) is 5.13 Å². The Bertz CT molecular complexity index is 526. The zero-order valence-corrected chi connectivity index (χ0v) is 11.1. The number of aryl methyl sites for hydroxylation is 2. The van der Waals surface area contributed by atoms with Crippen molar-refractivity contribution < 1.29 is 9.90 Å². The summed E-state index contributed by atoms with van der Waals surface area (Å²) < 4.78 is 0. The molecule has 0 aliphatic carbocycles. The molecule has 0 radical (unpaired) electrons. The van der Waals surface area contributed by atoms with E-state index in [4.69, 9.17) is 5.11 Å². The van der Waals surface area contributed by atoms with E-state index in [1.807, 2.05) is 0 Å². The first-order valence-corrected chi connectivity index (χ1v) is 6.68. The van der Waals surface area contributed by atoms with Crippen molar-refractivity contribution in [3.05, 3.63) is 32.5 Å². The second-order valence-electron chi connectivity index (χ2n) is 3.64. The summed E-state index contributed by atoms with van der Waals surface area (Å²) in [6.07, 6.45) is 1.38. The fourth-order valence-electron chi connectivity index (χ4n) is 1.35. The van der Waals surface area contributed by atoms with Crippen molar-refractivity contribution in [2.45, 2.75) is 20.4 Å². The molecule has 0 spiro atoms. The zero-order valence-electron chi connectivity index (χ0n) is 9.48. The van der Waals surface area contributed by atoms with E-state index in [1.165, 1.54) is 21.5 Å². The van der Waals surface area contributed by atoms with Crippen LogP contribution in [0.25, 0.3) is 0 Å². The van der Waals surface area contributed by atoms with Crippen LogP contribution in [0.1, 0.15) is 25.0 Å². The van der Waals surface area contributed by atoms with Crippen LogP contribution in [0.5, 0.6) is 0 Å². The summed E-state index contributed by atoms with van der Waals surface area (Å²) in [6, 6.07) is 2.14. The van der Waals surface area contributed by atoms with E-state index < -0.39 is 5.97 Å². The minimum absolute atomic E-state index is 0.256. The highest BCUT2D eigenvalue weighted by molar-refractivity contribution is 7.17. The first-order chi connectivity index (χ1) is 8.06. The quantitative estimate of drug-likeness (QED) is 0.894. The van der Waals surface area contributed by atoms with Crippen LogP contribution in [0, 0.1) is 13.8 Å². The Morgan fingerprint density at radius 2 is 2.24 bits per heavy atom. The number of thiazole rings is 1. The Morgan fingerprint density at radius 3 is 2.76 bits per heavy atom. The second kappa shape index (κ2) is 4.85. The molecule has 90 valence electrons. The number of rotatable bonds is 4. The van der Waals surface area contributed by atoms with Crippen molar-refractivity contribution in [3.63, 3.8) is 0 Å². The number of hydrogen-bond donors (Lipinski definition) is 2. The molecule has 2 N–H and O–H groups in total.